The first-order valence-corrected chi connectivity index (χ1v) is 11.0. The van der Waals surface area contributed by atoms with Gasteiger partial charge in [0.2, 0.25) is 5.91 Å². The van der Waals surface area contributed by atoms with Crippen LogP contribution in [-0.2, 0) is 4.79 Å². The molecular weight excluding hydrogens is 410 g/mol. The molecule has 2 amide bonds. The fourth-order valence-electron chi connectivity index (χ4n) is 3.90. The molecule has 0 radical (unpaired) electrons. The minimum absolute atomic E-state index is 0.0289. The number of nitrogens with one attached hydrogen (secondary N) is 2. The van der Waals surface area contributed by atoms with E-state index in [0.717, 1.165) is 30.7 Å². The van der Waals surface area contributed by atoms with Crippen molar-refractivity contribution in [1.82, 2.24) is 15.6 Å². The van der Waals surface area contributed by atoms with Gasteiger partial charge in [0.05, 0.1) is 18.7 Å². The monoisotopic (exact) mass is 435 g/mol. The quantitative estimate of drug-likeness (QED) is 0.682. The van der Waals surface area contributed by atoms with Crippen LogP contribution in [0.3, 0.4) is 0 Å². The third-order valence-corrected chi connectivity index (χ3v) is 6.49. The van der Waals surface area contributed by atoms with Crippen molar-refractivity contribution in [3.63, 3.8) is 0 Å². The van der Waals surface area contributed by atoms with Gasteiger partial charge in [-0.2, -0.15) is 0 Å². The van der Waals surface area contributed by atoms with E-state index in [1.807, 2.05) is 5.38 Å². The van der Waals surface area contributed by atoms with Gasteiger partial charge in [0.25, 0.3) is 5.91 Å². The molecule has 1 saturated carbocycles. The first kappa shape index (κ1) is 21.6. The van der Waals surface area contributed by atoms with Gasteiger partial charge in [-0.3, -0.25) is 9.59 Å². The Bertz CT molecular complexity index is 836. The summed E-state index contributed by atoms with van der Waals surface area (Å²) in [6, 6.07) is 4.99. The average Bonchev–Trinajstić information content (AvgIpc) is 3.25. The van der Waals surface area contributed by atoms with Crippen molar-refractivity contribution in [2.24, 2.45) is 11.8 Å². The summed E-state index contributed by atoms with van der Waals surface area (Å²) in [5, 5.41) is 9.49. The van der Waals surface area contributed by atoms with E-state index in [1.165, 1.54) is 7.11 Å². The number of hydrogen-bond donors (Lipinski definition) is 2. The molecule has 2 aromatic rings. The first-order valence-electron chi connectivity index (χ1n) is 9.76. The van der Waals surface area contributed by atoms with Crippen LogP contribution in [0.5, 0.6) is 5.75 Å². The molecule has 8 heteroatoms. The first-order chi connectivity index (χ1) is 14.0. The molecule has 1 aliphatic rings. The Hall–Kier alpha value is -2.12. The number of amides is 2. The smallest absolute Gasteiger partial charge is 0.255 e. The van der Waals surface area contributed by atoms with Crippen LogP contribution in [0.2, 0.25) is 5.02 Å². The molecule has 0 spiro atoms. The zero-order valence-corrected chi connectivity index (χ0v) is 18.2. The van der Waals surface area contributed by atoms with Crippen LogP contribution in [0.25, 0.3) is 0 Å². The summed E-state index contributed by atoms with van der Waals surface area (Å²) in [5.74, 6) is 1.08. The zero-order valence-electron chi connectivity index (χ0n) is 16.6. The summed E-state index contributed by atoms with van der Waals surface area (Å²) in [6.45, 7) is 2.16. The Balaban J connectivity index is 1.54. The number of aromatic nitrogens is 1. The third kappa shape index (κ3) is 5.70. The minimum atomic E-state index is -0.176. The van der Waals surface area contributed by atoms with Crippen LogP contribution >= 0.6 is 22.9 Å². The summed E-state index contributed by atoms with van der Waals surface area (Å²) in [7, 11) is 1.54. The molecule has 1 aromatic heterocycles. The second kappa shape index (κ2) is 10.1. The van der Waals surface area contributed by atoms with Crippen molar-refractivity contribution in [1.29, 1.82) is 0 Å². The molecule has 29 heavy (non-hydrogen) atoms. The highest BCUT2D eigenvalue weighted by Gasteiger charge is 2.30. The second-order valence-corrected chi connectivity index (χ2v) is 8.75. The number of carbonyl (C=O) groups excluding carboxylic acids is 2. The molecule has 1 aliphatic carbocycles. The number of nitrogens with zero attached hydrogens (tertiary/aromatic N) is 1. The molecule has 156 valence electrons. The Morgan fingerprint density at radius 1 is 1.31 bits per heavy atom. The number of rotatable bonds is 7. The predicted octanol–water partition coefficient (Wildman–Crippen LogP) is 4.22. The van der Waals surface area contributed by atoms with Gasteiger partial charge in [-0.1, -0.05) is 11.6 Å². The topological polar surface area (TPSA) is 80.3 Å². The Kier molecular flexibility index (Phi) is 7.50. The van der Waals surface area contributed by atoms with Gasteiger partial charge in [0, 0.05) is 30.1 Å². The molecule has 0 bridgehead atoms. The zero-order chi connectivity index (χ0) is 20.8. The van der Waals surface area contributed by atoms with Crippen molar-refractivity contribution in [2.75, 3.05) is 13.7 Å². The molecule has 3 rings (SSSR count). The summed E-state index contributed by atoms with van der Waals surface area (Å²) < 4.78 is 5.26. The summed E-state index contributed by atoms with van der Waals surface area (Å²) in [5.41, 5.74) is 0.447. The van der Waals surface area contributed by atoms with Crippen molar-refractivity contribution in [3.05, 3.63) is 45.4 Å². The Labute approximate surface area is 180 Å². The van der Waals surface area contributed by atoms with Crippen molar-refractivity contribution >= 4 is 34.8 Å². The Morgan fingerprint density at radius 2 is 2.07 bits per heavy atom. The second-order valence-electron chi connectivity index (χ2n) is 7.38. The number of benzene rings is 1. The fraction of sp³-hybridized carbons (Fsp3) is 0.476. The van der Waals surface area contributed by atoms with Crippen molar-refractivity contribution in [3.8, 4) is 5.75 Å². The summed E-state index contributed by atoms with van der Waals surface area (Å²) in [4.78, 5) is 28.6. The number of ether oxygens (including phenoxy) is 1. The van der Waals surface area contributed by atoms with E-state index in [1.54, 1.807) is 42.7 Å². The standard InChI is InChI=1S/C21H26ClN3O3S/c1-13(26)25-19(21-23-9-10-29-21)15-5-3-14(4-6-15)12-24-20(27)17-11-16(22)7-8-18(17)28-2/h7-11,14-15,19H,3-6,12H2,1-2H3,(H,24,27)(H,25,26). The van der Waals surface area contributed by atoms with Gasteiger partial charge < -0.3 is 15.4 Å². The molecular formula is C21H26ClN3O3S. The van der Waals surface area contributed by atoms with Gasteiger partial charge in [0.1, 0.15) is 10.8 Å². The van der Waals surface area contributed by atoms with Crippen LogP contribution in [0.4, 0.5) is 0 Å². The van der Waals surface area contributed by atoms with Gasteiger partial charge in [-0.15, -0.1) is 11.3 Å². The van der Waals surface area contributed by atoms with Gasteiger partial charge in [-0.25, -0.2) is 4.98 Å². The highest BCUT2D eigenvalue weighted by atomic mass is 35.5. The number of methoxy groups -OCH3 is 1. The predicted molar refractivity (Wildman–Crippen MR) is 114 cm³/mol. The van der Waals surface area contributed by atoms with Crippen molar-refractivity contribution < 1.29 is 14.3 Å². The average molecular weight is 436 g/mol. The highest BCUT2D eigenvalue weighted by Crippen LogP contribution is 2.37. The maximum absolute atomic E-state index is 12.6. The SMILES string of the molecule is COc1ccc(Cl)cc1C(=O)NCC1CCC(C(NC(C)=O)c2nccs2)CC1. The molecule has 1 unspecified atom stereocenters. The van der Waals surface area contributed by atoms with Gasteiger partial charge in [-0.05, 0) is 55.7 Å². The fourth-order valence-corrected chi connectivity index (χ4v) is 4.86. The van der Waals surface area contributed by atoms with Crippen LogP contribution in [-0.4, -0.2) is 30.5 Å². The van der Waals surface area contributed by atoms with Crippen LogP contribution < -0.4 is 15.4 Å². The molecule has 1 fully saturated rings. The molecule has 1 aromatic carbocycles. The highest BCUT2D eigenvalue weighted by molar-refractivity contribution is 7.09. The Morgan fingerprint density at radius 3 is 2.69 bits per heavy atom. The molecule has 6 nitrogen and oxygen atoms in total. The lowest BCUT2D eigenvalue weighted by Gasteiger charge is -2.33. The number of hydrogen-bond acceptors (Lipinski definition) is 5. The van der Waals surface area contributed by atoms with E-state index in [2.05, 4.69) is 15.6 Å². The number of halogens is 1. The van der Waals surface area contributed by atoms with Crippen molar-refractivity contribution in [2.45, 2.75) is 38.6 Å². The summed E-state index contributed by atoms with van der Waals surface area (Å²) >= 11 is 7.60. The van der Waals surface area contributed by atoms with Crippen LogP contribution in [0.15, 0.2) is 29.8 Å². The number of carbonyl (C=O) groups is 2. The van der Waals surface area contributed by atoms with Gasteiger partial charge in [0.15, 0.2) is 0 Å². The van der Waals surface area contributed by atoms with Gasteiger partial charge >= 0.3 is 0 Å². The summed E-state index contributed by atoms with van der Waals surface area (Å²) in [6.07, 6.45) is 5.76. The normalized spacial score (nSPS) is 20.0. The molecule has 1 heterocycles. The van der Waals surface area contributed by atoms with E-state index in [-0.39, 0.29) is 17.9 Å². The maximum atomic E-state index is 12.6. The molecule has 1 atom stereocenters. The van der Waals surface area contributed by atoms with E-state index in [0.29, 0.717) is 34.7 Å². The van der Waals surface area contributed by atoms with E-state index in [4.69, 9.17) is 16.3 Å². The van der Waals surface area contributed by atoms with Crippen LogP contribution in [0.1, 0.15) is 54.0 Å². The lowest BCUT2D eigenvalue weighted by Crippen LogP contribution is -2.36. The largest absolute Gasteiger partial charge is 0.496 e. The van der Waals surface area contributed by atoms with E-state index in [9.17, 15) is 9.59 Å². The van der Waals surface area contributed by atoms with E-state index >= 15 is 0 Å². The lowest BCUT2D eigenvalue weighted by molar-refractivity contribution is -0.120. The number of thiazole rings is 1. The third-order valence-electron chi connectivity index (χ3n) is 5.40. The maximum Gasteiger partial charge on any atom is 0.255 e. The molecule has 0 saturated heterocycles. The minimum Gasteiger partial charge on any atom is -0.496 e. The van der Waals surface area contributed by atoms with E-state index < -0.39 is 0 Å². The van der Waals surface area contributed by atoms with Crippen LogP contribution in [0, 0.1) is 11.8 Å². The lowest BCUT2D eigenvalue weighted by atomic mass is 9.78. The molecule has 2 N–H and O–H groups in total. The molecule has 0 aliphatic heterocycles.